The summed E-state index contributed by atoms with van der Waals surface area (Å²) >= 11 is 5.28. The number of hydrogen-bond donors (Lipinski definition) is 1. The van der Waals surface area contributed by atoms with Crippen molar-refractivity contribution in [1.29, 1.82) is 5.41 Å². The molecule has 0 aromatic heterocycles. The summed E-state index contributed by atoms with van der Waals surface area (Å²) in [5.74, 6) is -4.58. The number of ether oxygens (including phenoxy) is 2. The normalized spacial score (nSPS) is 16.5. The van der Waals surface area contributed by atoms with Crippen LogP contribution in [0.4, 0.5) is 13.2 Å². The van der Waals surface area contributed by atoms with Gasteiger partial charge in [-0.3, -0.25) is 5.41 Å². The monoisotopic (exact) mass is 265 g/mol. The van der Waals surface area contributed by atoms with Crippen molar-refractivity contribution in [1.82, 2.24) is 0 Å². The fraction of sp³-hybridized carbons (Fsp3) is 0.300. The average molecular weight is 266 g/mol. The third-order valence-electron chi connectivity index (χ3n) is 2.29. The topological polar surface area (TPSA) is 42.3 Å². The summed E-state index contributed by atoms with van der Waals surface area (Å²) in [5, 5.41) is 6.34. The lowest BCUT2D eigenvalue weighted by atomic mass is 10.1. The predicted molar refractivity (Wildman–Crippen MR) is 53.6 cm³/mol. The highest BCUT2D eigenvalue weighted by Gasteiger charge is 2.28. The van der Waals surface area contributed by atoms with Gasteiger partial charge in [-0.05, 0) is 6.07 Å². The van der Waals surface area contributed by atoms with Crippen molar-refractivity contribution in [3.05, 3.63) is 34.6 Å². The molecule has 2 rings (SSSR count). The van der Waals surface area contributed by atoms with Gasteiger partial charge in [-0.15, -0.1) is 0 Å². The predicted octanol–water partition coefficient (Wildman–Crippen LogP) is 2.71. The van der Waals surface area contributed by atoms with E-state index in [2.05, 4.69) is 0 Å². The molecule has 0 bridgehead atoms. The average Bonchev–Trinajstić information content (AvgIpc) is 2.79. The minimum Gasteiger partial charge on any atom is -0.346 e. The maximum atomic E-state index is 13.5. The van der Waals surface area contributed by atoms with Crippen LogP contribution in [0.25, 0.3) is 0 Å². The molecule has 0 amide bonds. The largest absolute Gasteiger partial charge is 0.346 e. The van der Waals surface area contributed by atoms with Gasteiger partial charge < -0.3 is 9.47 Å². The van der Waals surface area contributed by atoms with Crippen molar-refractivity contribution >= 4 is 16.8 Å². The van der Waals surface area contributed by atoms with E-state index in [0.717, 1.165) is 6.07 Å². The highest BCUT2D eigenvalue weighted by Crippen LogP contribution is 2.30. The van der Waals surface area contributed by atoms with Crippen LogP contribution in [0, 0.1) is 22.9 Å². The molecule has 1 aromatic carbocycles. The van der Waals surface area contributed by atoms with Gasteiger partial charge in [0.25, 0.3) is 0 Å². The Bertz CT molecular complexity index is 475. The summed E-state index contributed by atoms with van der Waals surface area (Å²) in [7, 11) is 0. The summed E-state index contributed by atoms with van der Waals surface area (Å²) in [6.45, 7) is 0.466. The van der Waals surface area contributed by atoms with Crippen LogP contribution in [0.15, 0.2) is 6.07 Å². The van der Waals surface area contributed by atoms with Crippen molar-refractivity contribution in [2.24, 2.45) is 0 Å². The Kier molecular flexibility index (Phi) is 3.37. The summed E-state index contributed by atoms with van der Waals surface area (Å²) in [4.78, 5) is 0. The second kappa shape index (κ2) is 4.64. The fourth-order valence-corrected chi connectivity index (χ4v) is 1.63. The zero-order chi connectivity index (χ0) is 12.6. The van der Waals surface area contributed by atoms with Crippen molar-refractivity contribution < 1.29 is 22.6 Å². The molecule has 1 aliphatic heterocycles. The minimum atomic E-state index is -1.69. The molecule has 0 saturated carbocycles. The molecular formula is C10H7ClF3NO2. The molecule has 1 heterocycles. The summed E-state index contributed by atoms with van der Waals surface area (Å²) in [6.07, 6.45) is -1.10. The molecule has 1 saturated heterocycles. The molecule has 1 aromatic rings. The first kappa shape index (κ1) is 12.3. The molecule has 3 nitrogen and oxygen atoms in total. The highest BCUT2D eigenvalue weighted by molar-refractivity contribution is 6.68. The molecule has 1 aliphatic rings. The second-order valence-electron chi connectivity index (χ2n) is 3.34. The van der Waals surface area contributed by atoms with Crippen molar-refractivity contribution in [3.63, 3.8) is 0 Å². The van der Waals surface area contributed by atoms with E-state index in [9.17, 15) is 13.2 Å². The molecule has 1 N–H and O–H groups in total. The van der Waals surface area contributed by atoms with E-state index in [-0.39, 0.29) is 18.8 Å². The molecule has 1 fully saturated rings. The summed E-state index contributed by atoms with van der Waals surface area (Å²) in [5.41, 5.74) is -0.832. The van der Waals surface area contributed by atoms with E-state index in [1.165, 1.54) is 0 Å². The number of benzene rings is 1. The van der Waals surface area contributed by atoms with Crippen LogP contribution in [0.1, 0.15) is 17.4 Å². The molecule has 0 spiro atoms. The van der Waals surface area contributed by atoms with Crippen molar-refractivity contribution in [3.8, 4) is 0 Å². The number of nitrogens with one attached hydrogen (secondary N) is 1. The van der Waals surface area contributed by atoms with Gasteiger partial charge in [0.1, 0.15) is 5.17 Å². The van der Waals surface area contributed by atoms with E-state index >= 15 is 0 Å². The zero-order valence-electron chi connectivity index (χ0n) is 8.40. The van der Waals surface area contributed by atoms with E-state index in [1.807, 2.05) is 0 Å². The number of halogens is 4. The highest BCUT2D eigenvalue weighted by atomic mass is 35.5. The quantitative estimate of drug-likeness (QED) is 0.660. The molecule has 0 aliphatic carbocycles. The Morgan fingerprint density at radius 3 is 2.29 bits per heavy atom. The maximum absolute atomic E-state index is 13.5. The fourth-order valence-electron chi connectivity index (χ4n) is 1.49. The smallest absolute Gasteiger partial charge is 0.195 e. The third kappa shape index (κ3) is 2.15. The van der Waals surface area contributed by atoms with Gasteiger partial charge in [0.05, 0.1) is 18.8 Å². The van der Waals surface area contributed by atoms with Crippen LogP contribution < -0.4 is 0 Å². The molecule has 92 valence electrons. The zero-order valence-corrected chi connectivity index (χ0v) is 9.15. The van der Waals surface area contributed by atoms with Gasteiger partial charge in [-0.25, -0.2) is 13.2 Å². The lowest BCUT2D eigenvalue weighted by molar-refractivity contribution is -0.0469. The van der Waals surface area contributed by atoms with E-state index in [1.54, 1.807) is 0 Å². The molecule has 17 heavy (non-hydrogen) atoms. The van der Waals surface area contributed by atoms with E-state index < -0.39 is 34.5 Å². The standard InChI is InChI=1S/C10H7ClF3NO2/c11-9(15)4-3-5(10-16-1-2-17-10)7(13)8(14)6(4)12/h3,10,15H,1-2H2. The summed E-state index contributed by atoms with van der Waals surface area (Å²) in [6, 6.07) is 0.916. The Labute approximate surface area is 99.6 Å². The number of rotatable bonds is 2. The number of hydrogen-bond acceptors (Lipinski definition) is 3. The van der Waals surface area contributed by atoms with Crippen LogP contribution in [-0.2, 0) is 9.47 Å². The van der Waals surface area contributed by atoms with E-state index in [4.69, 9.17) is 26.5 Å². The first-order valence-electron chi connectivity index (χ1n) is 4.67. The van der Waals surface area contributed by atoms with Crippen LogP contribution in [0.2, 0.25) is 0 Å². The Morgan fingerprint density at radius 1 is 1.18 bits per heavy atom. The van der Waals surface area contributed by atoms with Gasteiger partial charge in [0, 0.05) is 5.56 Å². The lowest BCUT2D eigenvalue weighted by Gasteiger charge is -2.13. The second-order valence-corrected chi connectivity index (χ2v) is 3.72. The van der Waals surface area contributed by atoms with Crippen LogP contribution in [-0.4, -0.2) is 18.4 Å². The van der Waals surface area contributed by atoms with Gasteiger partial charge in [-0.2, -0.15) is 0 Å². The van der Waals surface area contributed by atoms with E-state index in [0.29, 0.717) is 0 Å². The van der Waals surface area contributed by atoms with Gasteiger partial charge in [0.2, 0.25) is 0 Å². The Balaban J connectivity index is 2.55. The molecule has 0 radical (unpaired) electrons. The SMILES string of the molecule is N=C(Cl)c1cc(C2OCCO2)c(F)c(F)c1F. The van der Waals surface area contributed by atoms with Crippen molar-refractivity contribution in [2.75, 3.05) is 13.2 Å². The first-order chi connectivity index (χ1) is 8.02. The van der Waals surface area contributed by atoms with Gasteiger partial charge in [0.15, 0.2) is 23.7 Å². The molecule has 0 unspecified atom stereocenters. The molecule has 7 heteroatoms. The third-order valence-corrected chi connectivity index (χ3v) is 2.49. The minimum absolute atomic E-state index is 0.233. The Hall–Kier alpha value is -1.11. The molecular weight excluding hydrogens is 259 g/mol. The van der Waals surface area contributed by atoms with Gasteiger partial charge in [-0.1, -0.05) is 11.6 Å². The van der Waals surface area contributed by atoms with Gasteiger partial charge >= 0.3 is 0 Å². The van der Waals surface area contributed by atoms with Crippen molar-refractivity contribution in [2.45, 2.75) is 6.29 Å². The Morgan fingerprint density at radius 2 is 1.76 bits per heavy atom. The van der Waals surface area contributed by atoms with Crippen LogP contribution >= 0.6 is 11.6 Å². The maximum Gasteiger partial charge on any atom is 0.195 e. The first-order valence-corrected chi connectivity index (χ1v) is 5.05. The molecule has 0 atom stereocenters. The van der Waals surface area contributed by atoms with Crippen LogP contribution in [0.3, 0.4) is 0 Å². The lowest BCUT2D eigenvalue weighted by Crippen LogP contribution is -2.09. The van der Waals surface area contributed by atoms with Crippen LogP contribution in [0.5, 0.6) is 0 Å². The summed E-state index contributed by atoms with van der Waals surface area (Å²) < 4.78 is 49.9.